The molecule has 0 unspecified atom stereocenters. The highest BCUT2D eigenvalue weighted by Gasteiger charge is 2.33. The quantitative estimate of drug-likeness (QED) is 0.0510. The molecule has 0 fully saturated rings. The number of imide groups is 1. The third kappa shape index (κ3) is 10.3. The molecule has 10 nitrogen and oxygen atoms in total. The number of aromatic nitrogens is 1. The van der Waals surface area contributed by atoms with Gasteiger partial charge in [0.2, 0.25) is 0 Å². The Morgan fingerprint density at radius 1 is 0.494 bits per heavy atom. The summed E-state index contributed by atoms with van der Waals surface area (Å²) in [5.74, 6) is 0.170. The maximum atomic E-state index is 13.1. The van der Waals surface area contributed by atoms with E-state index in [0.717, 1.165) is 136 Å². The molecule has 0 bridgehead atoms. The van der Waals surface area contributed by atoms with Gasteiger partial charge in [-0.1, -0.05) is 117 Å². The zero-order valence-corrected chi connectivity index (χ0v) is 50.1. The van der Waals surface area contributed by atoms with Crippen molar-refractivity contribution in [2.45, 2.75) is 73.6 Å². The molecule has 0 radical (unpaired) electrons. The summed E-state index contributed by atoms with van der Waals surface area (Å²) in [5.41, 5.74) is 20.5. The zero-order valence-electron chi connectivity index (χ0n) is 50.1. The van der Waals surface area contributed by atoms with E-state index in [1.807, 2.05) is 73.7 Å². The maximum Gasteiger partial charge on any atom is 0.344 e. The van der Waals surface area contributed by atoms with E-state index in [9.17, 15) is 19.2 Å². The second-order valence-electron chi connectivity index (χ2n) is 22.8. The number of amides is 2. The van der Waals surface area contributed by atoms with Crippen molar-refractivity contribution in [3.63, 3.8) is 0 Å². The van der Waals surface area contributed by atoms with E-state index >= 15 is 0 Å². The molecule has 10 heteroatoms. The van der Waals surface area contributed by atoms with Crippen molar-refractivity contribution in [2.75, 3.05) is 42.5 Å². The second-order valence-corrected chi connectivity index (χ2v) is 22.8. The van der Waals surface area contributed by atoms with Crippen LogP contribution >= 0.6 is 0 Å². The average Bonchev–Trinajstić information content (AvgIpc) is 1.20. The van der Waals surface area contributed by atoms with Crippen LogP contribution in [0, 0.1) is 6.92 Å². The normalized spacial score (nSPS) is 13.3. The van der Waals surface area contributed by atoms with Gasteiger partial charge in [0, 0.05) is 95.0 Å². The summed E-state index contributed by atoms with van der Waals surface area (Å²) in [6.45, 7) is 16.7. The molecule has 1 aromatic heterocycles. The highest BCUT2D eigenvalue weighted by atomic mass is 16.4. The van der Waals surface area contributed by atoms with Gasteiger partial charge < -0.3 is 18.6 Å². The first-order chi connectivity index (χ1) is 42.4. The lowest BCUT2D eigenvalue weighted by molar-refractivity contribution is 0.0608. The average molecular weight is 1150 g/mol. The van der Waals surface area contributed by atoms with Crippen LogP contribution in [-0.4, -0.2) is 54.4 Å². The van der Waals surface area contributed by atoms with Crippen LogP contribution < -0.4 is 20.9 Å². The van der Waals surface area contributed by atoms with Gasteiger partial charge in [-0.25, -0.2) is 9.78 Å². The van der Waals surface area contributed by atoms with E-state index in [2.05, 4.69) is 154 Å². The topological polar surface area (TPSA) is 117 Å². The van der Waals surface area contributed by atoms with Gasteiger partial charge in [-0.15, -0.1) is 0 Å². The summed E-state index contributed by atoms with van der Waals surface area (Å²) in [6, 6.07) is 48.8. The van der Waals surface area contributed by atoms with Crippen LogP contribution in [0.2, 0.25) is 0 Å². The van der Waals surface area contributed by atoms with E-state index in [4.69, 9.17) is 13.8 Å². The zero-order chi connectivity index (χ0) is 60.0. The summed E-state index contributed by atoms with van der Waals surface area (Å²) in [5, 5.41) is 4.23. The number of allylic oxidation sites excluding steroid dienone is 3. The molecule has 3 heterocycles. The number of hydrogen-bond acceptors (Lipinski definition) is 9. The van der Waals surface area contributed by atoms with Crippen molar-refractivity contribution in [1.29, 1.82) is 0 Å². The molecule has 0 N–H and O–H groups in total. The van der Waals surface area contributed by atoms with Crippen molar-refractivity contribution in [3.05, 3.63) is 235 Å². The molecule has 6 aliphatic rings. The predicted molar refractivity (Wildman–Crippen MR) is 357 cm³/mol. The lowest BCUT2D eigenvalue weighted by atomic mass is 9.88. The fourth-order valence-electron chi connectivity index (χ4n) is 13.1. The minimum absolute atomic E-state index is 0.0507. The minimum Gasteiger partial charge on any atom is -0.453 e. The van der Waals surface area contributed by atoms with E-state index < -0.39 is 0 Å². The molecule has 0 atom stereocenters. The number of carbonyl (C=O) groups is 2. The monoisotopic (exact) mass is 1140 g/mol. The van der Waals surface area contributed by atoms with Crippen molar-refractivity contribution >= 4 is 85.0 Å². The first-order valence-electron chi connectivity index (χ1n) is 30.7. The van der Waals surface area contributed by atoms with Crippen molar-refractivity contribution < 1.29 is 18.4 Å². The van der Waals surface area contributed by atoms with Crippen LogP contribution in [0.4, 0.5) is 11.4 Å². The van der Waals surface area contributed by atoms with Crippen molar-refractivity contribution in [1.82, 2.24) is 9.88 Å². The Hall–Kier alpha value is -9.93. The molecule has 9 aromatic rings. The number of fused-ring (bicyclic) bond motifs is 8. The molecular weight excluding hydrogens is 1080 g/mol. The number of anilines is 2. The first kappa shape index (κ1) is 56.2. The van der Waals surface area contributed by atoms with E-state index in [-0.39, 0.29) is 22.9 Å². The third-order valence-electron chi connectivity index (χ3n) is 17.8. The van der Waals surface area contributed by atoms with Crippen LogP contribution in [0.25, 0.3) is 107 Å². The highest BCUT2D eigenvalue weighted by molar-refractivity contribution is 6.27. The van der Waals surface area contributed by atoms with Crippen LogP contribution in [0.1, 0.15) is 107 Å². The number of rotatable bonds is 12. The number of nitrogens with zero attached hydrogens (tertiary/aromatic N) is 4. The minimum atomic E-state index is -0.270. The largest absolute Gasteiger partial charge is 0.453 e. The van der Waals surface area contributed by atoms with Crippen molar-refractivity contribution in [3.8, 4) is 44.8 Å². The van der Waals surface area contributed by atoms with Gasteiger partial charge in [0.25, 0.3) is 11.8 Å². The molecule has 15 rings (SSSR count). The number of aryl methyl sites for hydroxylation is 1. The maximum absolute atomic E-state index is 13.1. The third-order valence-corrected chi connectivity index (χ3v) is 17.8. The molecule has 2 amide bonds. The van der Waals surface area contributed by atoms with Gasteiger partial charge in [0.1, 0.15) is 16.8 Å². The fraction of sp³-hybridized carbons (Fsp3) is 0.208. The van der Waals surface area contributed by atoms with Gasteiger partial charge >= 0.3 is 5.63 Å². The summed E-state index contributed by atoms with van der Waals surface area (Å²) in [4.78, 5) is 62.7. The first-order valence-corrected chi connectivity index (χ1v) is 30.7. The van der Waals surface area contributed by atoms with Gasteiger partial charge in [-0.05, 0) is 193 Å². The number of hydrogen-bond donors (Lipinski definition) is 0. The lowest BCUT2D eigenvalue weighted by Crippen LogP contribution is -2.40. The predicted octanol–water partition coefficient (Wildman–Crippen LogP) is 17.2. The Labute approximate surface area is 506 Å². The molecule has 8 aromatic carbocycles. The van der Waals surface area contributed by atoms with Crippen molar-refractivity contribution in [2.24, 2.45) is 0 Å². The summed E-state index contributed by atoms with van der Waals surface area (Å²) in [7, 11) is 0. The molecule has 2 aliphatic heterocycles. The molecule has 87 heavy (non-hydrogen) atoms. The smallest absolute Gasteiger partial charge is 0.344 e. The molecule has 4 aliphatic carbocycles. The van der Waals surface area contributed by atoms with Gasteiger partial charge in [0.15, 0.2) is 16.8 Å². The second kappa shape index (κ2) is 23.5. The number of carbonyl (C=O) groups excluding carboxylic acids is 2. The Morgan fingerprint density at radius 2 is 1.05 bits per heavy atom. The Kier molecular flexibility index (Phi) is 15.2. The molecule has 0 saturated carbocycles. The summed E-state index contributed by atoms with van der Waals surface area (Å²) in [6.07, 6.45) is 17.6. The van der Waals surface area contributed by atoms with Crippen LogP contribution in [0.15, 0.2) is 182 Å². The molecular formula is C77H68N4O6. The molecule has 0 spiro atoms. The number of unbranched alkanes of at least 4 members (excludes halogenated alkanes) is 1. The summed E-state index contributed by atoms with van der Waals surface area (Å²) >= 11 is 0. The summed E-state index contributed by atoms with van der Waals surface area (Å²) < 4.78 is 11.9. The SMILES string of the molecule is CCCCN1C(=O)c2cccc3c(-c4ccc5c(c4)C=CC5)ccc(c23)C1=O.CCN(CC)c1ccc2c(C)c(-c3ccc4c(c3)C=CC4)c(=O)oc2c1.CCN(CC)c1ccc2nc3c4ccc(-c5ccc6c(c5)C=CC6)cc4c(=O)cc-3oc2c1. The van der Waals surface area contributed by atoms with Crippen LogP contribution in [0.5, 0.6) is 0 Å². The fourth-order valence-corrected chi connectivity index (χ4v) is 13.1. The van der Waals surface area contributed by atoms with Gasteiger partial charge in [-0.2, -0.15) is 0 Å². The van der Waals surface area contributed by atoms with E-state index in [0.29, 0.717) is 45.5 Å². The molecule has 432 valence electrons. The number of benzene rings is 9. The van der Waals surface area contributed by atoms with Crippen LogP contribution in [-0.2, 0) is 19.3 Å². The van der Waals surface area contributed by atoms with Gasteiger partial charge in [0.05, 0.1) is 5.56 Å². The van der Waals surface area contributed by atoms with Crippen LogP contribution in [0.3, 0.4) is 0 Å². The highest BCUT2D eigenvalue weighted by Crippen LogP contribution is 2.40. The van der Waals surface area contributed by atoms with E-state index in [1.54, 1.807) is 6.07 Å². The molecule has 0 saturated heterocycles. The standard InChI is InChI=1S/C29H24N2O2.C25H21NO2.C23H23NO2/c1-3-31(4-2)22-11-13-25-27(16-22)33-28-17-26(32)24-15-21(10-12-23(24)29(28)30-25)20-9-8-18-6-5-7-19(18)14-20;1-2-3-14-26-24(27)21-9-5-8-20-19(12-13-22(23(20)21)25(26)28)18-11-10-16-6-4-7-17(16)15-18;1-4-24(5-2)19-11-12-20-15(3)22(23(25)26-21(20)14-19)18-10-9-16-7-6-8-17(16)13-18/h5,7-17H,3-4,6H2,1-2H3;4-5,7-13,15H,2-3,6,14H2,1H3;6,8-14H,4-5,7H2,1-3H3. The van der Waals surface area contributed by atoms with Gasteiger partial charge in [-0.3, -0.25) is 19.3 Å². The lowest BCUT2D eigenvalue weighted by Gasteiger charge is -2.27. The Bertz CT molecular complexity index is 4760. The Balaban J connectivity index is 0.000000122. The Morgan fingerprint density at radius 3 is 1.70 bits per heavy atom. The van der Waals surface area contributed by atoms with E-state index in [1.165, 1.54) is 38.3 Å².